The summed E-state index contributed by atoms with van der Waals surface area (Å²) in [5, 5.41) is 0. The lowest BCUT2D eigenvalue weighted by Gasteiger charge is -2.35. The van der Waals surface area contributed by atoms with Crippen molar-refractivity contribution in [3.63, 3.8) is 0 Å². The molecule has 0 spiro atoms. The third-order valence-electron chi connectivity index (χ3n) is 7.30. The van der Waals surface area contributed by atoms with Gasteiger partial charge in [-0.2, -0.15) is 0 Å². The number of aliphatic imine (C=N–C) groups is 1. The van der Waals surface area contributed by atoms with E-state index in [9.17, 15) is 4.79 Å². The van der Waals surface area contributed by atoms with Crippen molar-refractivity contribution in [1.29, 1.82) is 0 Å². The number of esters is 1. The molecule has 2 aliphatic heterocycles. The summed E-state index contributed by atoms with van der Waals surface area (Å²) in [6.07, 6.45) is 8.16. The second kappa shape index (κ2) is 8.15. The van der Waals surface area contributed by atoms with Crippen LogP contribution in [0.5, 0.6) is 0 Å². The summed E-state index contributed by atoms with van der Waals surface area (Å²) in [5.41, 5.74) is 6.29. The van der Waals surface area contributed by atoms with Gasteiger partial charge in [0.15, 0.2) is 0 Å². The van der Waals surface area contributed by atoms with Gasteiger partial charge in [-0.15, -0.1) is 0 Å². The van der Waals surface area contributed by atoms with E-state index in [4.69, 9.17) is 19.7 Å². The van der Waals surface area contributed by atoms with Crippen LogP contribution in [0.15, 0.2) is 35.5 Å². The van der Waals surface area contributed by atoms with Crippen molar-refractivity contribution in [2.75, 3.05) is 27.2 Å². The monoisotopic (exact) mass is 418 g/mol. The number of hydrogen-bond donors (Lipinski definition) is 0. The molecule has 0 N–H and O–H groups in total. The summed E-state index contributed by atoms with van der Waals surface area (Å²) in [6, 6.07) is 6.52. The molecule has 6 heteroatoms. The van der Waals surface area contributed by atoms with Gasteiger partial charge >= 0.3 is 5.97 Å². The number of carbonyl (C=O) groups excluding carboxylic acids is 1. The average Bonchev–Trinajstić information content (AvgIpc) is 3.13. The first-order valence-corrected chi connectivity index (χ1v) is 11.3. The van der Waals surface area contributed by atoms with E-state index in [0.29, 0.717) is 11.8 Å². The Kier molecular flexibility index (Phi) is 5.34. The van der Waals surface area contributed by atoms with Crippen LogP contribution >= 0.6 is 0 Å². The van der Waals surface area contributed by atoms with Crippen LogP contribution in [0, 0.1) is 11.8 Å². The van der Waals surface area contributed by atoms with E-state index in [-0.39, 0.29) is 17.9 Å². The molecule has 3 aliphatic rings. The highest BCUT2D eigenvalue weighted by atomic mass is 16.5. The van der Waals surface area contributed by atoms with Crippen LogP contribution in [-0.2, 0) is 9.53 Å². The highest BCUT2D eigenvalue weighted by Crippen LogP contribution is 2.41. The number of rotatable bonds is 4. The van der Waals surface area contributed by atoms with E-state index < -0.39 is 0 Å². The number of hydrogen-bond acceptors (Lipinski definition) is 6. The van der Waals surface area contributed by atoms with Crippen molar-refractivity contribution in [2.45, 2.75) is 44.6 Å². The number of ether oxygens (including phenoxy) is 1. The van der Waals surface area contributed by atoms with Gasteiger partial charge in [0.2, 0.25) is 0 Å². The van der Waals surface area contributed by atoms with E-state index in [0.717, 1.165) is 53.9 Å². The number of methoxy groups -OCH3 is 1. The maximum absolute atomic E-state index is 11.7. The zero-order valence-electron chi connectivity index (χ0n) is 18.5. The molecule has 0 radical (unpaired) electrons. The second-order valence-electron chi connectivity index (χ2n) is 9.28. The maximum Gasteiger partial charge on any atom is 0.308 e. The lowest BCUT2D eigenvalue weighted by Crippen LogP contribution is -2.36. The van der Waals surface area contributed by atoms with Gasteiger partial charge in [0.25, 0.3) is 0 Å². The van der Waals surface area contributed by atoms with Gasteiger partial charge in [-0.1, -0.05) is 12.1 Å². The smallest absolute Gasteiger partial charge is 0.308 e. The van der Waals surface area contributed by atoms with Gasteiger partial charge in [0.05, 0.1) is 42.0 Å². The van der Waals surface area contributed by atoms with Crippen molar-refractivity contribution in [3.05, 3.63) is 41.7 Å². The molecule has 0 amide bonds. The molecule has 2 aromatic rings. The van der Waals surface area contributed by atoms with Crippen molar-refractivity contribution in [2.24, 2.45) is 16.8 Å². The molecular formula is C25H30N4O2. The number of fused-ring (bicyclic) bond motifs is 1. The maximum atomic E-state index is 11.7. The first kappa shape index (κ1) is 20.3. The fraction of sp³-hybridized carbons (Fsp3) is 0.520. The molecule has 31 heavy (non-hydrogen) atoms. The zero-order chi connectivity index (χ0) is 21.5. The Balaban J connectivity index is 1.37. The Bertz CT molecular complexity index is 1060. The number of allylic oxidation sites excluding steroid dienone is 1. The molecule has 1 saturated heterocycles. The molecule has 1 saturated carbocycles. The van der Waals surface area contributed by atoms with Crippen molar-refractivity contribution >= 4 is 28.3 Å². The van der Waals surface area contributed by atoms with Crippen molar-refractivity contribution in [3.8, 4) is 0 Å². The molecule has 1 unspecified atom stereocenters. The SMILES string of the molecule is COC(=O)C1CC(C2C=C(c3cnc4c(C5CCN(C)CC5)cccc4n3)C(C)=N2)C1. The molecular weight excluding hydrogens is 388 g/mol. The highest BCUT2D eigenvalue weighted by Gasteiger charge is 2.40. The Morgan fingerprint density at radius 1 is 1.19 bits per heavy atom. The minimum atomic E-state index is -0.0973. The summed E-state index contributed by atoms with van der Waals surface area (Å²) in [6.45, 7) is 4.31. The number of likely N-dealkylation sites (tertiary alicyclic amines) is 1. The Hall–Kier alpha value is -2.60. The van der Waals surface area contributed by atoms with E-state index in [2.05, 4.69) is 36.2 Å². The van der Waals surface area contributed by atoms with Crippen molar-refractivity contribution < 1.29 is 9.53 Å². The standard InChI is InChI=1S/C25H30N4O2/c1-15-20(13-22(27-15)17-11-18(12-17)25(30)31-3)23-14-26-24-19(5-4-6-21(24)28-23)16-7-9-29(2)10-8-16/h4-6,13-14,16-18,22H,7-12H2,1-3H3. The number of piperidine rings is 1. The summed E-state index contributed by atoms with van der Waals surface area (Å²) in [5.74, 6) is 0.891. The lowest BCUT2D eigenvalue weighted by atomic mass is 9.71. The topological polar surface area (TPSA) is 67.7 Å². The van der Waals surface area contributed by atoms with Crippen LogP contribution in [-0.4, -0.2) is 59.8 Å². The van der Waals surface area contributed by atoms with E-state index in [1.165, 1.54) is 25.5 Å². The zero-order valence-corrected chi connectivity index (χ0v) is 18.5. The third kappa shape index (κ3) is 3.78. The molecule has 1 aromatic heterocycles. The molecule has 1 aliphatic carbocycles. The van der Waals surface area contributed by atoms with E-state index >= 15 is 0 Å². The first-order valence-electron chi connectivity index (χ1n) is 11.3. The summed E-state index contributed by atoms with van der Waals surface area (Å²) < 4.78 is 4.87. The Labute approximate surface area is 183 Å². The van der Waals surface area contributed by atoms with Gasteiger partial charge < -0.3 is 9.64 Å². The van der Waals surface area contributed by atoms with Crippen molar-refractivity contribution in [1.82, 2.24) is 14.9 Å². The average molecular weight is 419 g/mol. The normalized spacial score (nSPS) is 27.0. The minimum Gasteiger partial charge on any atom is -0.469 e. The van der Waals surface area contributed by atoms with Gasteiger partial charge in [0, 0.05) is 11.3 Å². The number of benzene rings is 1. The molecule has 1 aromatic carbocycles. The Morgan fingerprint density at radius 3 is 2.71 bits per heavy atom. The predicted molar refractivity (Wildman–Crippen MR) is 122 cm³/mol. The van der Waals surface area contributed by atoms with Crippen LogP contribution in [0.4, 0.5) is 0 Å². The number of nitrogens with zero attached hydrogens (tertiary/aromatic N) is 4. The molecule has 0 bridgehead atoms. The van der Waals surface area contributed by atoms with E-state index in [1.807, 2.05) is 13.1 Å². The first-order chi connectivity index (χ1) is 15.0. The Morgan fingerprint density at radius 2 is 1.97 bits per heavy atom. The van der Waals surface area contributed by atoms with Gasteiger partial charge in [-0.3, -0.25) is 14.8 Å². The van der Waals surface area contributed by atoms with Crippen LogP contribution < -0.4 is 0 Å². The highest BCUT2D eigenvalue weighted by molar-refractivity contribution is 6.24. The van der Waals surface area contributed by atoms with Crippen LogP contribution in [0.1, 0.15) is 49.8 Å². The summed E-state index contributed by atoms with van der Waals surface area (Å²) in [7, 11) is 3.65. The molecule has 5 rings (SSSR count). The van der Waals surface area contributed by atoms with Gasteiger partial charge in [-0.25, -0.2) is 4.98 Å². The molecule has 3 heterocycles. The van der Waals surface area contributed by atoms with Gasteiger partial charge in [-0.05, 0) is 82.3 Å². The van der Waals surface area contributed by atoms with Crippen LogP contribution in [0.3, 0.4) is 0 Å². The molecule has 6 nitrogen and oxygen atoms in total. The van der Waals surface area contributed by atoms with Crippen LogP contribution in [0.2, 0.25) is 0 Å². The third-order valence-corrected chi connectivity index (χ3v) is 7.30. The summed E-state index contributed by atoms with van der Waals surface area (Å²) in [4.78, 5) is 28.8. The second-order valence-corrected chi connectivity index (χ2v) is 9.28. The molecule has 1 atom stereocenters. The quantitative estimate of drug-likeness (QED) is 0.705. The van der Waals surface area contributed by atoms with Crippen LogP contribution in [0.25, 0.3) is 16.6 Å². The molecule has 162 valence electrons. The number of para-hydroxylation sites is 1. The minimum absolute atomic E-state index is 0.0291. The number of aromatic nitrogens is 2. The fourth-order valence-corrected chi connectivity index (χ4v) is 5.28. The van der Waals surface area contributed by atoms with Gasteiger partial charge in [0.1, 0.15) is 0 Å². The predicted octanol–water partition coefficient (Wildman–Crippen LogP) is 3.86. The molecule has 2 fully saturated rings. The largest absolute Gasteiger partial charge is 0.469 e. The fourth-order valence-electron chi connectivity index (χ4n) is 5.28. The number of carbonyl (C=O) groups is 1. The summed E-state index contributed by atoms with van der Waals surface area (Å²) >= 11 is 0. The lowest BCUT2D eigenvalue weighted by molar-refractivity contribution is -0.150. The van der Waals surface area contributed by atoms with E-state index in [1.54, 1.807) is 0 Å².